The van der Waals surface area contributed by atoms with Crippen LogP contribution in [-0.4, -0.2) is 50.7 Å². The molecule has 1 rings (SSSR count). The molecular formula is C13H23NO6S. The smallest absolute Gasteiger partial charge is 0.407 e. The highest BCUT2D eigenvalue weighted by Crippen LogP contribution is 2.23. The Morgan fingerprint density at radius 3 is 2.43 bits per heavy atom. The van der Waals surface area contributed by atoms with Gasteiger partial charge in [-0.1, -0.05) is 0 Å². The summed E-state index contributed by atoms with van der Waals surface area (Å²) in [5.74, 6) is -1.13. The summed E-state index contributed by atoms with van der Waals surface area (Å²) in [5, 5.41) is 2.66. The first-order chi connectivity index (χ1) is 9.52. The SMILES string of the molecule is COC(=O)CC1CS(=O)(=O)CCC1NC(=O)OC(C)(C)C. The number of methoxy groups -OCH3 is 1. The van der Waals surface area contributed by atoms with Gasteiger partial charge in [-0.05, 0) is 27.2 Å². The summed E-state index contributed by atoms with van der Waals surface area (Å²) in [4.78, 5) is 23.2. The van der Waals surface area contributed by atoms with Crippen LogP contribution in [0.2, 0.25) is 0 Å². The van der Waals surface area contributed by atoms with Crippen molar-refractivity contribution in [2.45, 2.75) is 45.3 Å². The standard InChI is InChI=1S/C13H23NO6S/c1-13(2,3)20-12(16)14-10-5-6-21(17,18)8-9(10)7-11(15)19-4/h9-10H,5-8H2,1-4H3,(H,14,16). The van der Waals surface area contributed by atoms with Gasteiger partial charge >= 0.3 is 12.1 Å². The monoisotopic (exact) mass is 321 g/mol. The van der Waals surface area contributed by atoms with Gasteiger partial charge in [-0.25, -0.2) is 13.2 Å². The van der Waals surface area contributed by atoms with Crippen LogP contribution in [0.5, 0.6) is 0 Å². The average molecular weight is 321 g/mol. The fraction of sp³-hybridized carbons (Fsp3) is 0.846. The van der Waals surface area contributed by atoms with Crippen LogP contribution in [0.15, 0.2) is 0 Å². The van der Waals surface area contributed by atoms with Crippen LogP contribution in [-0.2, 0) is 24.1 Å². The van der Waals surface area contributed by atoms with Crippen molar-refractivity contribution >= 4 is 21.9 Å². The number of nitrogens with one attached hydrogen (secondary N) is 1. The van der Waals surface area contributed by atoms with Gasteiger partial charge in [0.25, 0.3) is 0 Å². The van der Waals surface area contributed by atoms with Gasteiger partial charge in [0.15, 0.2) is 9.84 Å². The van der Waals surface area contributed by atoms with Crippen molar-refractivity contribution in [3.05, 3.63) is 0 Å². The molecule has 0 bridgehead atoms. The Hall–Kier alpha value is -1.31. The van der Waals surface area contributed by atoms with Gasteiger partial charge in [0.2, 0.25) is 0 Å². The highest BCUT2D eigenvalue weighted by atomic mass is 32.2. The molecule has 1 aliphatic rings. The molecule has 1 saturated heterocycles. The zero-order chi connectivity index (χ0) is 16.3. The number of rotatable bonds is 3. The fourth-order valence-corrected chi connectivity index (χ4v) is 4.00. The van der Waals surface area contributed by atoms with Gasteiger partial charge in [0, 0.05) is 12.0 Å². The molecule has 0 radical (unpaired) electrons. The molecule has 1 aliphatic heterocycles. The molecule has 2 atom stereocenters. The van der Waals surface area contributed by atoms with Gasteiger partial charge in [-0.3, -0.25) is 4.79 Å². The minimum atomic E-state index is -3.19. The van der Waals surface area contributed by atoms with Crippen molar-refractivity contribution in [1.82, 2.24) is 5.32 Å². The average Bonchev–Trinajstić information content (AvgIpc) is 2.29. The van der Waals surface area contributed by atoms with Crippen molar-refractivity contribution in [1.29, 1.82) is 0 Å². The van der Waals surface area contributed by atoms with Crippen LogP contribution >= 0.6 is 0 Å². The van der Waals surface area contributed by atoms with Gasteiger partial charge in [0.1, 0.15) is 5.60 Å². The Bertz CT molecular complexity index is 493. The van der Waals surface area contributed by atoms with Crippen LogP contribution in [0.25, 0.3) is 0 Å². The Balaban J connectivity index is 2.73. The lowest BCUT2D eigenvalue weighted by molar-refractivity contribution is -0.141. The second kappa shape index (κ2) is 6.64. The van der Waals surface area contributed by atoms with Crippen molar-refractivity contribution in [2.24, 2.45) is 5.92 Å². The lowest BCUT2D eigenvalue weighted by Gasteiger charge is -2.32. The van der Waals surface area contributed by atoms with E-state index in [1.165, 1.54) is 7.11 Å². The third-order valence-electron chi connectivity index (χ3n) is 3.14. The minimum absolute atomic E-state index is 0.00879. The molecule has 0 saturated carbocycles. The van der Waals surface area contributed by atoms with Crippen LogP contribution in [0.1, 0.15) is 33.6 Å². The number of carbonyl (C=O) groups is 2. The number of ether oxygens (including phenoxy) is 2. The summed E-state index contributed by atoms with van der Waals surface area (Å²) < 4.78 is 33.1. The number of carbonyl (C=O) groups excluding carboxylic acids is 2. The molecule has 8 heteroatoms. The predicted molar refractivity (Wildman–Crippen MR) is 76.6 cm³/mol. The third-order valence-corrected chi connectivity index (χ3v) is 4.93. The number of sulfone groups is 1. The molecule has 21 heavy (non-hydrogen) atoms. The largest absolute Gasteiger partial charge is 0.469 e. The Kier molecular flexibility index (Phi) is 5.61. The Morgan fingerprint density at radius 1 is 1.29 bits per heavy atom. The normalized spacial score (nSPS) is 25.0. The van der Waals surface area contributed by atoms with E-state index < -0.39 is 39.5 Å². The van der Waals surface area contributed by atoms with Crippen molar-refractivity contribution < 1.29 is 27.5 Å². The fourth-order valence-electron chi connectivity index (χ4n) is 2.22. The van der Waals surface area contributed by atoms with E-state index in [9.17, 15) is 18.0 Å². The van der Waals surface area contributed by atoms with E-state index in [0.717, 1.165) is 0 Å². The summed E-state index contributed by atoms with van der Waals surface area (Å²) >= 11 is 0. The molecule has 0 spiro atoms. The molecular weight excluding hydrogens is 298 g/mol. The van der Waals surface area contributed by atoms with Gasteiger partial charge in [-0.2, -0.15) is 0 Å². The third kappa shape index (κ3) is 6.33. The first-order valence-electron chi connectivity index (χ1n) is 6.79. The number of hydrogen-bond acceptors (Lipinski definition) is 6. The summed E-state index contributed by atoms with van der Waals surface area (Å²) in [7, 11) is -1.94. The number of alkyl carbamates (subject to hydrolysis) is 1. The maximum atomic E-state index is 11.8. The molecule has 7 nitrogen and oxygen atoms in total. The lowest BCUT2D eigenvalue weighted by atomic mass is 9.95. The molecule has 122 valence electrons. The topological polar surface area (TPSA) is 98.8 Å². The van der Waals surface area contributed by atoms with E-state index in [1.54, 1.807) is 20.8 Å². The summed E-state index contributed by atoms with van der Waals surface area (Å²) in [6.07, 6.45) is -0.388. The van der Waals surface area contributed by atoms with Gasteiger partial charge in [0.05, 0.1) is 25.0 Å². The quantitative estimate of drug-likeness (QED) is 0.775. The number of amides is 1. The molecule has 1 N–H and O–H groups in total. The maximum absolute atomic E-state index is 11.8. The highest BCUT2D eigenvalue weighted by Gasteiger charge is 2.36. The van der Waals surface area contributed by atoms with Gasteiger partial charge < -0.3 is 14.8 Å². The summed E-state index contributed by atoms with van der Waals surface area (Å²) in [5.41, 5.74) is -0.636. The molecule has 1 amide bonds. The van der Waals surface area contributed by atoms with Crippen molar-refractivity contribution in [3.63, 3.8) is 0 Å². The minimum Gasteiger partial charge on any atom is -0.469 e. The van der Waals surface area contributed by atoms with Crippen molar-refractivity contribution in [2.75, 3.05) is 18.6 Å². The first kappa shape index (κ1) is 17.7. The van der Waals surface area contributed by atoms with Crippen LogP contribution < -0.4 is 5.32 Å². The molecule has 0 aromatic carbocycles. The molecule has 0 aromatic rings. The van der Waals surface area contributed by atoms with Crippen molar-refractivity contribution in [3.8, 4) is 0 Å². The van der Waals surface area contributed by atoms with E-state index in [0.29, 0.717) is 0 Å². The van der Waals surface area contributed by atoms with Gasteiger partial charge in [-0.15, -0.1) is 0 Å². The molecule has 2 unspecified atom stereocenters. The van der Waals surface area contributed by atoms with Crippen LogP contribution in [0, 0.1) is 5.92 Å². The van der Waals surface area contributed by atoms with E-state index >= 15 is 0 Å². The predicted octanol–water partition coefficient (Wildman–Crippen LogP) is 0.877. The van der Waals surface area contributed by atoms with E-state index in [1.807, 2.05) is 0 Å². The summed E-state index contributed by atoms with van der Waals surface area (Å²) in [6, 6.07) is -0.414. The maximum Gasteiger partial charge on any atom is 0.407 e. The molecule has 1 fully saturated rings. The van der Waals surface area contributed by atoms with E-state index in [2.05, 4.69) is 10.1 Å². The van der Waals surface area contributed by atoms with E-state index in [4.69, 9.17) is 4.74 Å². The first-order valence-corrected chi connectivity index (χ1v) is 8.61. The second-order valence-electron chi connectivity index (χ2n) is 6.20. The number of esters is 1. The number of hydrogen-bond donors (Lipinski definition) is 1. The molecule has 1 heterocycles. The van der Waals surface area contributed by atoms with E-state index in [-0.39, 0.29) is 24.3 Å². The van der Waals surface area contributed by atoms with Crippen LogP contribution in [0.3, 0.4) is 0 Å². The highest BCUT2D eigenvalue weighted by molar-refractivity contribution is 7.91. The lowest BCUT2D eigenvalue weighted by Crippen LogP contribution is -2.49. The zero-order valence-corrected chi connectivity index (χ0v) is 13.7. The Morgan fingerprint density at radius 2 is 1.90 bits per heavy atom. The second-order valence-corrected chi connectivity index (χ2v) is 8.42. The van der Waals surface area contributed by atoms with Crippen LogP contribution in [0.4, 0.5) is 4.79 Å². The zero-order valence-electron chi connectivity index (χ0n) is 12.8. The Labute approximate surface area is 125 Å². The molecule has 0 aliphatic carbocycles. The summed E-state index contributed by atoms with van der Waals surface area (Å²) in [6.45, 7) is 5.22. The molecule has 0 aromatic heterocycles.